The molecule has 0 radical (unpaired) electrons. The molecule has 9 nitrogen and oxygen atoms in total. The number of carbonyl (C=O) groups is 1. The van der Waals surface area contributed by atoms with Crippen LogP contribution >= 0.6 is 7.82 Å². The molecule has 0 aliphatic rings. The molecule has 0 spiro atoms. The molecule has 0 aliphatic carbocycles. The van der Waals surface area contributed by atoms with Crippen molar-refractivity contribution >= 4 is 14.0 Å². The van der Waals surface area contributed by atoms with Crippen LogP contribution < -0.4 is 0 Å². The highest BCUT2D eigenvalue weighted by Crippen LogP contribution is 2.49. The third-order valence-corrected chi connectivity index (χ3v) is 4.29. The normalized spacial score (nSPS) is 11.6. The molecule has 25 heavy (non-hydrogen) atoms. The first-order valence-electron chi connectivity index (χ1n) is 8.59. The van der Waals surface area contributed by atoms with Crippen LogP contribution in [0.15, 0.2) is 0 Å². The predicted octanol–water partition coefficient (Wildman–Crippen LogP) is 3.47. The van der Waals surface area contributed by atoms with Crippen LogP contribution in [0.2, 0.25) is 0 Å². The Balaban J connectivity index is 4.10. The molecule has 0 atom stereocenters. The van der Waals surface area contributed by atoms with Crippen molar-refractivity contribution in [1.82, 2.24) is 0 Å². The molecule has 0 aliphatic heterocycles. The summed E-state index contributed by atoms with van der Waals surface area (Å²) in [5, 5.41) is 8.39. The molecule has 0 fully saturated rings. The molecule has 0 saturated carbocycles. The van der Waals surface area contributed by atoms with E-state index in [-0.39, 0.29) is 39.6 Å². The second kappa shape index (κ2) is 16.8. The standard InChI is InChI=1S/C15H31O9P/c1-3-5-7-19-9-12-22-25(18,24-14-11-21-15(16)17)23-13-10-20-8-6-4-2/h3-14H2,1-2H3,(H,16,17). The average Bonchev–Trinajstić information content (AvgIpc) is 2.58. The van der Waals surface area contributed by atoms with Gasteiger partial charge in [0.05, 0.1) is 33.0 Å². The number of hydrogen-bond acceptors (Lipinski definition) is 8. The lowest BCUT2D eigenvalue weighted by Gasteiger charge is -2.18. The molecule has 1 N–H and O–H groups in total. The summed E-state index contributed by atoms with van der Waals surface area (Å²) in [6, 6.07) is 0. The summed E-state index contributed by atoms with van der Waals surface area (Å²) >= 11 is 0. The van der Waals surface area contributed by atoms with Crippen molar-refractivity contribution in [2.24, 2.45) is 0 Å². The van der Waals surface area contributed by atoms with E-state index in [1.54, 1.807) is 0 Å². The van der Waals surface area contributed by atoms with Gasteiger partial charge in [0.25, 0.3) is 0 Å². The van der Waals surface area contributed by atoms with Gasteiger partial charge in [-0.2, -0.15) is 0 Å². The van der Waals surface area contributed by atoms with Crippen LogP contribution in [0.1, 0.15) is 39.5 Å². The summed E-state index contributed by atoms with van der Waals surface area (Å²) in [7, 11) is -3.82. The van der Waals surface area contributed by atoms with E-state index in [1.165, 1.54) is 0 Å². The zero-order valence-electron chi connectivity index (χ0n) is 15.1. The van der Waals surface area contributed by atoms with Crippen molar-refractivity contribution in [3.05, 3.63) is 0 Å². The summed E-state index contributed by atoms with van der Waals surface area (Å²) in [5.41, 5.74) is 0. The third kappa shape index (κ3) is 16.5. The summed E-state index contributed by atoms with van der Waals surface area (Å²) in [4.78, 5) is 10.3. The van der Waals surface area contributed by atoms with Gasteiger partial charge in [-0.3, -0.25) is 13.6 Å². The maximum atomic E-state index is 12.5. The summed E-state index contributed by atoms with van der Waals surface area (Å²) in [5.74, 6) is 0. The molecule has 0 unspecified atom stereocenters. The number of ether oxygens (including phenoxy) is 3. The minimum absolute atomic E-state index is 0.0392. The lowest BCUT2D eigenvalue weighted by molar-refractivity contribution is 0.0343. The van der Waals surface area contributed by atoms with Crippen LogP contribution in [-0.4, -0.2) is 64.1 Å². The van der Waals surface area contributed by atoms with E-state index < -0.39 is 14.0 Å². The number of phosphoric acid groups is 1. The van der Waals surface area contributed by atoms with Crippen LogP contribution in [0.3, 0.4) is 0 Å². The van der Waals surface area contributed by atoms with Gasteiger partial charge >= 0.3 is 14.0 Å². The first-order valence-corrected chi connectivity index (χ1v) is 10.0. The van der Waals surface area contributed by atoms with Crippen molar-refractivity contribution < 1.29 is 42.2 Å². The van der Waals surface area contributed by atoms with Gasteiger partial charge < -0.3 is 19.3 Å². The van der Waals surface area contributed by atoms with Gasteiger partial charge in [-0.1, -0.05) is 26.7 Å². The van der Waals surface area contributed by atoms with E-state index in [4.69, 9.17) is 28.2 Å². The van der Waals surface area contributed by atoms with Crippen LogP contribution in [0.25, 0.3) is 0 Å². The van der Waals surface area contributed by atoms with Gasteiger partial charge in [-0.25, -0.2) is 9.36 Å². The molecular formula is C15H31O9P. The maximum absolute atomic E-state index is 12.5. The van der Waals surface area contributed by atoms with Crippen molar-refractivity contribution in [1.29, 1.82) is 0 Å². The summed E-state index contributed by atoms with van der Waals surface area (Å²) < 4.78 is 42.8. The molecule has 10 heteroatoms. The zero-order chi connectivity index (χ0) is 18.8. The lowest BCUT2D eigenvalue weighted by Crippen LogP contribution is -2.13. The topological polar surface area (TPSA) is 110 Å². The molecule has 0 rings (SSSR count). The number of phosphoric ester groups is 1. The largest absolute Gasteiger partial charge is 0.505 e. The monoisotopic (exact) mass is 386 g/mol. The second-order valence-electron chi connectivity index (χ2n) is 4.99. The van der Waals surface area contributed by atoms with Crippen LogP contribution in [0.5, 0.6) is 0 Å². The van der Waals surface area contributed by atoms with Crippen molar-refractivity contribution in [3.63, 3.8) is 0 Å². The Labute approximate surface area is 149 Å². The van der Waals surface area contributed by atoms with Crippen molar-refractivity contribution in [2.45, 2.75) is 39.5 Å². The van der Waals surface area contributed by atoms with E-state index in [1.807, 2.05) is 0 Å². The molecule has 0 aromatic heterocycles. The predicted molar refractivity (Wildman–Crippen MR) is 90.9 cm³/mol. The second-order valence-corrected chi connectivity index (χ2v) is 6.66. The highest BCUT2D eigenvalue weighted by atomic mass is 31.2. The lowest BCUT2D eigenvalue weighted by atomic mass is 10.4. The Kier molecular flexibility index (Phi) is 16.3. The van der Waals surface area contributed by atoms with Gasteiger partial charge in [-0.05, 0) is 12.8 Å². The first kappa shape index (κ1) is 24.3. The maximum Gasteiger partial charge on any atom is 0.505 e. The Morgan fingerprint density at radius 3 is 1.60 bits per heavy atom. The summed E-state index contributed by atoms with van der Waals surface area (Å²) in [6.07, 6.45) is 2.48. The van der Waals surface area contributed by atoms with Crippen LogP contribution in [0, 0.1) is 0 Å². The molecule has 0 aromatic carbocycles. The van der Waals surface area contributed by atoms with E-state index >= 15 is 0 Å². The van der Waals surface area contributed by atoms with Gasteiger partial charge in [0, 0.05) is 13.2 Å². The minimum Gasteiger partial charge on any atom is -0.450 e. The van der Waals surface area contributed by atoms with Crippen LogP contribution in [-0.2, 0) is 32.3 Å². The first-order chi connectivity index (χ1) is 12.0. The zero-order valence-corrected chi connectivity index (χ0v) is 16.0. The number of carboxylic acid groups (broad SMARTS) is 1. The average molecular weight is 386 g/mol. The number of rotatable bonds is 18. The van der Waals surface area contributed by atoms with Gasteiger partial charge in [0.2, 0.25) is 0 Å². The van der Waals surface area contributed by atoms with Crippen molar-refractivity contribution in [2.75, 3.05) is 52.9 Å². The Morgan fingerprint density at radius 2 is 1.20 bits per heavy atom. The van der Waals surface area contributed by atoms with Crippen molar-refractivity contribution in [3.8, 4) is 0 Å². The quantitative estimate of drug-likeness (QED) is 0.215. The molecule has 0 amide bonds. The minimum atomic E-state index is -3.82. The van der Waals surface area contributed by atoms with Gasteiger partial charge in [0.1, 0.15) is 6.61 Å². The smallest absolute Gasteiger partial charge is 0.450 e. The fraction of sp³-hybridized carbons (Fsp3) is 0.933. The van der Waals surface area contributed by atoms with Gasteiger partial charge in [-0.15, -0.1) is 0 Å². The van der Waals surface area contributed by atoms with Gasteiger partial charge in [0.15, 0.2) is 0 Å². The fourth-order valence-corrected chi connectivity index (χ4v) is 2.62. The molecular weight excluding hydrogens is 355 g/mol. The molecule has 150 valence electrons. The molecule has 0 aromatic rings. The SMILES string of the molecule is CCCCOCCOP(=O)(OCCOCCCC)OCCOC(=O)O. The fourth-order valence-electron chi connectivity index (χ4n) is 1.50. The van der Waals surface area contributed by atoms with E-state index in [9.17, 15) is 9.36 Å². The molecule has 0 saturated heterocycles. The van der Waals surface area contributed by atoms with E-state index in [2.05, 4.69) is 18.6 Å². The highest BCUT2D eigenvalue weighted by Gasteiger charge is 2.26. The Bertz CT molecular complexity index is 345. The highest BCUT2D eigenvalue weighted by molar-refractivity contribution is 7.48. The summed E-state index contributed by atoms with van der Waals surface area (Å²) in [6.45, 7) is 5.39. The Morgan fingerprint density at radius 1 is 0.760 bits per heavy atom. The third-order valence-electron chi connectivity index (χ3n) is 2.80. The Hall–Kier alpha value is -0.700. The number of hydrogen-bond donors (Lipinski definition) is 1. The molecule has 0 heterocycles. The van der Waals surface area contributed by atoms with E-state index in [0.717, 1.165) is 25.7 Å². The number of unbranched alkanes of at least 4 members (excludes halogenated alkanes) is 2. The van der Waals surface area contributed by atoms with E-state index in [0.29, 0.717) is 13.2 Å². The molecule has 0 bridgehead atoms. The van der Waals surface area contributed by atoms with Crippen LogP contribution in [0.4, 0.5) is 4.79 Å².